The third-order valence-electron chi connectivity index (χ3n) is 5.73. The molecular formula is C22H37ClO5. The van der Waals surface area contributed by atoms with Crippen LogP contribution in [0.15, 0.2) is 12.2 Å². The van der Waals surface area contributed by atoms with Crippen LogP contribution in [0.2, 0.25) is 0 Å². The fraction of sp³-hybridized carbons (Fsp3) is 0.818. The highest BCUT2D eigenvalue weighted by Crippen LogP contribution is 2.35. The van der Waals surface area contributed by atoms with Gasteiger partial charge < -0.3 is 15.3 Å². The van der Waals surface area contributed by atoms with E-state index in [4.69, 9.17) is 16.7 Å². The average Bonchev–Trinajstić information content (AvgIpc) is 2.95. The van der Waals surface area contributed by atoms with Crippen LogP contribution in [0.3, 0.4) is 0 Å². The molecule has 0 aromatic carbocycles. The van der Waals surface area contributed by atoms with E-state index in [9.17, 15) is 19.8 Å². The van der Waals surface area contributed by atoms with E-state index in [0.717, 1.165) is 44.9 Å². The number of carbonyl (C=O) groups is 2. The second-order valence-corrected chi connectivity index (χ2v) is 8.43. The van der Waals surface area contributed by atoms with Gasteiger partial charge in [0.25, 0.3) is 0 Å². The first-order chi connectivity index (χ1) is 13.4. The molecule has 1 saturated carbocycles. The van der Waals surface area contributed by atoms with E-state index in [1.165, 1.54) is 0 Å². The fourth-order valence-corrected chi connectivity index (χ4v) is 4.13. The van der Waals surface area contributed by atoms with Crippen molar-refractivity contribution in [3.8, 4) is 0 Å². The predicted molar refractivity (Wildman–Crippen MR) is 111 cm³/mol. The van der Waals surface area contributed by atoms with Crippen molar-refractivity contribution in [3.63, 3.8) is 0 Å². The van der Waals surface area contributed by atoms with Crippen molar-refractivity contribution >= 4 is 23.2 Å². The molecule has 0 amide bonds. The zero-order valence-electron chi connectivity index (χ0n) is 17.1. The summed E-state index contributed by atoms with van der Waals surface area (Å²) < 4.78 is 0. The molecule has 28 heavy (non-hydrogen) atoms. The van der Waals surface area contributed by atoms with Crippen LogP contribution in [0.25, 0.3) is 0 Å². The summed E-state index contributed by atoms with van der Waals surface area (Å²) in [6.07, 6.45) is 10.9. The number of unbranched alkanes of at least 4 members (excludes halogenated alkanes) is 4. The lowest BCUT2D eigenvalue weighted by atomic mass is 9.87. The number of Topliss-reactive ketones (excluding diaryl/α,β-unsaturated/α-hetero) is 2. The Kier molecular flexibility index (Phi) is 12.2. The van der Waals surface area contributed by atoms with Gasteiger partial charge in [0, 0.05) is 24.7 Å². The second-order valence-electron chi connectivity index (χ2n) is 8.17. The molecule has 0 spiro atoms. The number of alkyl halides is 1. The molecule has 162 valence electrons. The molecule has 0 aliphatic heterocycles. The maximum Gasteiger partial charge on any atom is 0.158 e. The lowest BCUT2D eigenvalue weighted by Gasteiger charge is -2.24. The molecule has 0 bridgehead atoms. The molecule has 1 unspecified atom stereocenters. The summed E-state index contributed by atoms with van der Waals surface area (Å²) in [5, 5.41) is 29.5. The number of rotatable bonds is 15. The number of ketones is 2. The third kappa shape index (κ3) is 8.73. The molecule has 4 atom stereocenters. The Morgan fingerprint density at radius 1 is 1.25 bits per heavy atom. The molecule has 1 aliphatic rings. The highest BCUT2D eigenvalue weighted by Gasteiger charge is 2.39. The first kappa shape index (κ1) is 25.3. The van der Waals surface area contributed by atoms with Gasteiger partial charge in [-0.2, -0.15) is 0 Å². The van der Waals surface area contributed by atoms with Gasteiger partial charge in [-0.1, -0.05) is 51.2 Å². The van der Waals surface area contributed by atoms with E-state index in [-0.39, 0.29) is 42.3 Å². The van der Waals surface area contributed by atoms with Gasteiger partial charge in [-0.25, -0.2) is 0 Å². The molecule has 1 fully saturated rings. The van der Waals surface area contributed by atoms with E-state index in [1.54, 1.807) is 0 Å². The molecule has 0 saturated heterocycles. The van der Waals surface area contributed by atoms with Gasteiger partial charge in [0.05, 0.1) is 17.6 Å². The van der Waals surface area contributed by atoms with Gasteiger partial charge in [0.2, 0.25) is 0 Å². The standard InChI is InChI=1S/C22H37ClO5/c1-2-3-12-22(28,16-23)13-8-11-19-18(20(26)14-21(19)27)10-7-5-4-6-9-17(25)15-24/h8,11,18-19,21,24,27-28H,2-7,9-10,12-16H2,1H3/b11-8+/t18-,19-,21-,22?/m1/s1. The Labute approximate surface area is 174 Å². The van der Waals surface area contributed by atoms with Crippen LogP contribution < -0.4 is 0 Å². The molecule has 0 heterocycles. The van der Waals surface area contributed by atoms with Crippen LogP contribution in [0, 0.1) is 11.8 Å². The molecular weight excluding hydrogens is 380 g/mol. The summed E-state index contributed by atoms with van der Waals surface area (Å²) in [7, 11) is 0. The van der Waals surface area contributed by atoms with E-state index < -0.39 is 11.7 Å². The van der Waals surface area contributed by atoms with Crippen LogP contribution in [0.1, 0.15) is 77.6 Å². The van der Waals surface area contributed by atoms with Crippen molar-refractivity contribution in [3.05, 3.63) is 12.2 Å². The Bertz CT molecular complexity index is 507. The van der Waals surface area contributed by atoms with Gasteiger partial charge in [-0.05, 0) is 25.7 Å². The van der Waals surface area contributed by atoms with Gasteiger partial charge >= 0.3 is 0 Å². The van der Waals surface area contributed by atoms with Crippen LogP contribution >= 0.6 is 11.6 Å². The number of aliphatic hydroxyl groups excluding tert-OH is 2. The predicted octanol–water partition coefficient (Wildman–Crippen LogP) is 3.56. The Morgan fingerprint density at radius 3 is 2.61 bits per heavy atom. The summed E-state index contributed by atoms with van der Waals surface area (Å²) >= 11 is 5.94. The average molecular weight is 417 g/mol. The van der Waals surface area contributed by atoms with Gasteiger partial charge in [0.15, 0.2) is 5.78 Å². The summed E-state index contributed by atoms with van der Waals surface area (Å²) in [5.74, 6) is -0.225. The van der Waals surface area contributed by atoms with Crippen LogP contribution in [-0.2, 0) is 9.59 Å². The molecule has 6 heteroatoms. The Hall–Kier alpha value is -0.750. The fourth-order valence-electron chi connectivity index (χ4n) is 3.89. The normalized spacial score (nSPS) is 24.8. The highest BCUT2D eigenvalue weighted by molar-refractivity contribution is 6.18. The minimum atomic E-state index is -0.927. The second kappa shape index (κ2) is 13.5. The van der Waals surface area contributed by atoms with Gasteiger partial charge in [0.1, 0.15) is 12.4 Å². The van der Waals surface area contributed by atoms with Gasteiger partial charge in [-0.3, -0.25) is 9.59 Å². The largest absolute Gasteiger partial charge is 0.392 e. The van der Waals surface area contributed by atoms with Crippen molar-refractivity contribution in [2.45, 2.75) is 89.3 Å². The molecule has 0 radical (unpaired) electrons. The summed E-state index contributed by atoms with van der Waals surface area (Å²) in [4.78, 5) is 23.3. The number of hydrogen-bond donors (Lipinski definition) is 3. The van der Waals surface area contributed by atoms with Crippen molar-refractivity contribution in [1.82, 2.24) is 0 Å². The van der Waals surface area contributed by atoms with Crippen molar-refractivity contribution in [2.75, 3.05) is 12.5 Å². The third-order valence-corrected chi connectivity index (χ3v) is 6.23. The SMILES string of the molecule is CCCCC(O)(CCl)C/C=C/[C@H]1[C@H](O)CC(=O)[C@@H]1CCCCCCC(=O)CO. The minimum absolute atomic E-state index is 0.108. The van der Waals surface area contributed by atoms with E-state index in [0.29, 0.717) is 19.3 Å². The van der Waals surface area contributed by atoms with Crippen molar-refractivity contribution in [2.24, 2.45) is 11.8 Å². The lowest BCUT2D eigenvalue weighted by Crippen LogP contribution is -2.30. The molecule has 3 N–H and O–H groups in total. The molecule has 0 aromatic heterocycles. The lowest BCUT2D eigenvalue weighted by molar-refractivity contribution is -0.122. The maximum absolute atomic E-state index is 12.3. The summed E-state index contributed by atoms with van der Waals surface area (Å²) in [6, 6.07) is 0. The quantitative estimate of drug-likeness (QED) is 0.215. The van der Waals surface area contributed by atoms with Crippen LogP contribution in [0.5, 0.6) is 0 Å². The number of hydrogen-bond acceptors (Lipinski definition) is 5. The number of carbonyl (C=O) groups excluding carboxylic acids is 2. The smallest absolute Gasteiger partial charge is 0.158 e. The maximum atomic E-state index is 12.3. The highest BCUT2D eigenvalue weighted by atomic mass is 35.5. The van der Waals surface area contributed by atoms with Gasteiger partial charge in [-0.15, -0.1) is 11.6 Å². The summed E-state index contributed by atoms with van der Waals surface area (Å²) in [5.41, 5.74) is -0.927. The topological polar surface area (TPSA) is 94.8 Å². The van der Waals surface area contributed by atoms with Crippen molar-refractivity contribution < 1.29 is 24.9 Å². The van der Waals surface area contributed by atoms with E-state index in [1.807, 2.05) is 12.2 Å². The zero-order chi connectivity index (χ0) is 21.0. The number of aliphatic hydroxyl groups is 3. The number of halogens is 1. The monoisotopic (exact) mass is 416 g/mol. The molecule has 5 nitrogen and oxygen atoms in total. The van der Waals surface area contributed by atoms with Crippen molar-refractivity contribution in [1.29, 1.82) is 0 Å². The van der Waals surface area contributed by atoms with E-state index >= 15 is 0 Å². The summed E-state index contributed by atoms with van der Waals surface area (Å²) in [6.45, 7) is 1.68. The molecule has 1 aliphatic carbocycles. The zero-order valence-corrected chi connectivity index (χ0v) is 17.9. The minimum Gasteiger partial charge on any atom is -0.392 e. The Balaban J connectivity index is 2.47. The molecule has 0 aromatic rings. The van der Waals surface area contributed by atoms with Crippen LogP contribution in [-0.4, -0.2) is 51.1 Å². The molecule has 1 rings (SSSR count). The first-order valence-electron chi connectivity index (χ1n) is 10.6. The van der Waals surface area contributed by atoms with Crippen LogP contribution in [0.4, 0.5) is 0 Å². The first-order valence-corrected chi connectivity index (χ1v) is 11.2. The van der Waals surface area contributed by atoms with E-state index in [2.05, 4.69) is 6.92 Å². The Morgan fingerprint density at radius 2 is 1.96 bits per heavy atom.